The molecule has 0 amide bonds. The monoisotopic (exact) mass is 335 g/mol. The van der Waals surface area contributed by atoms with Gasteiger partial charge < -0.3 is 15.6 Å². The fraction of sp³-hybridized carbons (Fsp3) is 0.143. The average Bonchev–Trinajstić information content (AvgIpc) is 2.41. The van der Waals surface area contributed by atoms with Crippen molar-refractivity contribution in [3.8, 4) is 11.5 Å². The lowest BCUT2D eigenvalue weighted by Gasteiger charge is -2.16. The number of nitrogens with two attached hydrogens (primary N) is 1. The van der Waals surface area contributed by atoms with Gasteiger partial charge in [0.05, 0.1) is 6.04 Å². The van der Waals surface area contributed by atoms with Crippen LogP contribution in [0.1, 0.15) is 17.2 Å². The first-order valence-corrected chi connectivity index (χ1v) is 6.34. The number of hydrogen-bond acceptors (Lipinski definition) is 3. The van der Waals surface area contributed by atoms with Gasteiger partial charge in [-0.25, -0.2) is 4.39 Å². The van der Waals surface area contributed by atoms with E-state index in [0.717, 1.165) is 18.2 Å². The minimum atomic E-state index is -4.79. The molecule has 2 rings (SSSR count). The summed E-state index contributed by atoms with van der Waals surface area (Å²) in [6.45, 7) is 0. The van der Waals surface area contributed by atoms with Crippen molar-refractivity contribution in [1.82, 2.24) is 0 Å². The number of alkyl halides is 3. The Morgan fingerprint density at radius 2 is 1.73 bits per heavy atom. The summed E-state index contributed by atoms with van der Waals surface area (Å²) in [5.74, 6) is -2.01. The largest absolute Gasteiger partial charge is 0.573 e. The lowest BCUT2D eigenvalue weighted by atomic mass is 9.98. The second-order valence-electron chi connectivity index (χ2n) is 4.42. The van der Waals surface area contributed by atoms with E-state index >= 15 is 0 Å². The molecule has 0 spiro atoms. The van der Waals surface area contributed by atoms with Crippen LogP contribution in [-0.2, 0) is 0 Å². The van der Waals surface area contributed by atoms with Crippen molar-refractivity contribution in [2.75, 3.05) is 0 Å². The van der Waals surface area contributed by atoms with E-state index in [1.807, 2.05) is 0 Å². The molecular weight excluding hydrogens is 326 g/mol. The number of hydrogen-bond donors (Lipinski definition) is 2. The molecule has 0 heterocycles. The van der Waals surface area contributed by atoms with Gasteiger partial charge in [0.1, 0.15) is 5.75 Å². The first-order valence-electron chi connectivity index (χ1n) is 5.96. The fourth-order valence-corrected chi connectivity index (χ4v) is 2.09. The average molecular weight is 336 g/mol. The highest BCUT2D eigenvalue weighted by Crippen LogP contribution is 2.33. The van der Waals surface area contributed by atoms with Gasteiger partial charge in [0.25, 0.3) is 0 Å². The molecule has 2 aromatic rings. The van der Waals surface area contributed by atoms with Crippen molar-refractivity contribution in [2.45, 2.75) is 12.4 Å². The Labute approximate surface area is 127 Å². The SMILES string of the molecule is N[C@H](c1ccc(OC(F)(F)F)cc1)c1cc(Cl)cc(F)c1O. The number of ether oxygens (including phenoxy) is 1. The second kappa shape index (κ2) is 6.02. The minimum absolute atomic E-state index is 0.0227. The zero-order valence-electron chi connectivity index (χ0n) is 10.9. The molecule has 22 heavy (non-hydrogen) atoms. The molecule has 0 aliphatic rings. The van der Waals surface area contributed by atoms with Crippen molar-refractivity contribution in [1.29, 1.82) is 0 Å². The van der Waals surface area contributed by atoms with Crippen molar-refractivity contribution < 1.29 is 27.4 Å². The van der Waals surface area contributed by atoms with Gasteiger partial charge in [-0.15, -0.1) is 13.2 Å². The molecule has 118 valence electrons. The summed E-state index contributed by atoms with van der Waals surface area (Å²) in [4.78, 5) is 0. The Hall–Kier alpha value is -1.99. The Morgan fingerprint density at radius 3 is 2.27 bits per heavy atom. The van der Waals surface area contributed by atoms with E-state index in [1.54, 1.807) is 0 Å². The molecule has 0 aromatic heterocycles. The Balaban J connectivity index is 2.29. The molecule has 0 fully saturated rings. The van der Waals surface area contributed by atoms with Crippen LogP contribution in [0.4, 0.5) is 17.6 Å². The van der Waals surface area contributed by atoms with Gasteiger partial charge in [-0.05, 0) is 29.8 Å². The third-order valence-corrected chi connectivity index (χ3v) is 3.08. The zero-order chi connectivity index (χ0) is 16.5. The molecule has 0 aliphatic carbocycles. The molecule has 0 saturated heterocycles. The predicted molar refractivity (Wildman–Crippen MR) is 72.2 cm³/mol. The Kier molecular flexibility index (Phi) is 4.48. The summed E-state index contributed by atoms with van der Waals surface area (Å²) in [6, 6.07) is 5.95. The third kappa shape index (κ3) is 3.80. The summed E-state index contributed by atoms with van der Waals surface area (Å²) >= 11 is 5.70. The van der Waals surface area contributed by atoms with Crippen LogP contribution in [0.3, 0.4) is 0 Å². The summed E-state index contributed by atoms with van der Waals surface area (Å²) < 4.78 is 53.4. The van der Waals surface area contributed by atoms with Crippen molar-refractivity contribution in [3.05, 3.63) is 58.4 Å². The first-order chi connectivity index (χ1) is 10.2. The number of phenolic OH excluding ortho intramolecular Hbond substituents is 1. The van der Waals surface area contributed by atoms with E-state index < -0.39 is 29.7 Å². The Morgan fingerprint density at radius 1 is 1.14 bits per heavy atom. The molecule has 3 nitrogen and oxygen atoms in total. The van der Waals surface area contributed by atoms with E-state index in [0.29, 0.717) is 5.56 Å². The van der Waals surface area contributed by atoms with Crippen LogP contribution in [0.15, 0.2) is 36.4 Å². The number of rotatable bonds is 3. The third-order valence-electron chi connectivity index (χ3n) is 2.87. The maximum absolute atomic E-state index is 13.4. The van der Waals surface area contributed by atoms with Gasteiger partial charge in [-0.3, -0.25) is 0 Å². The lowest BCUT2D eigenvalue weighted by Crippen LogP contribution is -2.17. The van der Waals surface area contributed by atoms with Crippen LogP contribution in [0.5, 0.6) is 11.5 Å². The van der Waals surface area contributed by atoms with Crippen LogP contribution in [0.2, 0.25) is 5.02 Å². The maximum atomic E-state index is 13.4. The quantitative estimate of drug-likeness (QED) is 0.829. The molecule has 3 N–H and O–H groups in total. The Bertz CT molecular complexity index is 674. The van der Waals surface area contributed by atoms with Gasteiger partial charge in [-0.2, -0.15) is 0 Å². The zero-order valence-corrected chi connectivity index (χ0v) is 11.6. The van der Waals surface area contributed by atoms with E-state index in [4.69, 9.17) is 17.3 Å². The van der Waals surface area contributed by atoms with Gasteiger partial charge in [0.2, 0.25) is 0 Å². The number of phenols is 1. The molecule has 0 unspecified atom stereocenters. The first kappa shape index (κ1) is 16.4. The van der Waals surface area contributed by atoms with Crippen LogP contribution in [0, 0.1) is 5.82 Å². The van der Waals surface area contributed by atoms with Crippen molar-refractivity contribution in [3.63, 3.8) is 0 Å². The smallest absolute Gasteiger partial charge is 0.505 e. The molecule has 0 saturated carbocycles. The van der Waals surface area contributed by atoms with E-state index in [2.05, 4.69) is 4.74 Å². The van der Waals surface area contributed by atoms with E-state index in [-0.39, 0.29) is 10.6 Å². The van der Waals surface area contributed by atoms with E-state index in [9.17, 15) is 22.7 Å². The maximum Gasteiger partial charge on any atom is 0.573 e. The second-order valence-corrected chi connectivity index (χ2v) is 4.86. The van der Waals surface area contributed by atoms with Crippen molar-refractivity contribution in [2.24, 2.45) is 5.73 Å². The standard InChI is InChI=1S/C14H10ClF4NO2/c15-8-5-10(13(21)11(16)6-8)12(20)7-1-3-9(4-2-7)22-14(17,18)19/h1-6,12,21H,20H2/t12-/m1/s1. The molecule has 0 bridgehead atoms. The van der Waals surface area contributed by atoms with Crippen molar-refractivity contribution >= 4 is 11.6 Å². The molecule has 0 aliphatic heterocycles. The highest BCUT2D eigenvalue weighted by atomic mass is 35.5. The molecule has 8 heteroatoms. The number of halogens is 5. The lowest BCUT2D eigenvalue weighted by molar-refractivity contribution is -0.274. The highest BCUT2D eigenvalue weighted by molar-refractivity contribution is 6.30. The van der Waals surface area contributed by atoms with Crippen LogP contribution in [-0.4, -0.2) is 11.5 Å². The summed E-state index contributed by atoms with van der Waals surface area (Å²) in [5, 5.41) is 9.71. The highest BCUT2D eigenvalue weighted by Gasteiger charge is 2.31. The summed E-state index contributed by atoms with van der Waals surface area (Å²) in [6.07, 6.45) is -4.79. The minimum Gasteiger partial charge on any atom is -0.505 e. The topological polar surface area (TPSA) is 55.5 Å². The number of aromatic hydroxyl groups is 1. The summed E-state index contributed by atoms with van der Waals surface area (Å²) in [7, 11) is 0. The van der Waals surface area contributed by atoms with Gasteiger partial charge in [0.15, 0.2) is 11.6 Å². The van der Waals surface area contributed by atoms with E-state index in [1.165, 1.54) is 18.2 Å². The van der Waals surface area contributed by atoms with Crippen LogP contribution >= 0.6 is 11.6 Å². The number of benzene rings is 2. The molecule has 2 aromatic carbocycles. The fourth-order valence-electron chi connectivity index (χ4n) is 1.88. The summed E-state index contributed by atoms with van der Waals surface area (Å²) in [5.41, 5.74) is 6.26. The normalized spacial score (nSPS) is 13.0. The predicted octanol–water partition coefficient (Wildman–Crippen LogP) is 4.13. The van der Waals surface area contributed by atoms with Gasteiger partial charge >= 0.3 is 6.36 Å². The van der Waals surface area contributed by atoms with Crippen LogP contribution in [0.25, 0.3) is 0 Å². The molecule has 1 atom stereocenters. The molecular formula is C14H10ClF4NO2. The van der Waals surface area contributed by atoms with Gasteiger partial charge in [0, 0.05) is 10.6 Å². The molecule has 0 radical (unpaired) electrons. The van der Waals surface area contributed by atoms with Crippen LogP contribution < -0.4 is 10.5 Å². The van der Waals surface area contributed by atoms with Gasteiger partial charge in [-0.1, -0.05) is 23.7 Å².